The molecule has 1 aliphatic heterocycles. The first kappa shape index (κ1) is 16.7. The number of halogens is 2. The number of nitrogens with zero attached hydrogens (tertiary/aromatic N) is 1. The molecule has 0 radical (unpaired) electrons. The summed E-state index contributed by atoms with van der Waals surface area (Å²) in [6, 6.07) is 10.4. The summed E-state index contributed by atoms with van der Waals surface area (Å²) in [7, 11) is 0. The van der Waals surface area contributed by atoms with Crippen LogP contribution >= 0.6 is 11.6 Å². The van der Waals surface area contributed by atoms with Gasteiger partial charge < -0.3 is 10.4 Å². The summed E-state index contributed by atoms with van der Waals surface area (Å²) in [5.41, 5.74) is 0.513. The van der Waals surface area contributed by atoms with Crippen LogP contribution in [0.1, 0.15) is 10.4 Å². The molecule has 126 valence electrons. The third kappa shape index (κ3) is 3.09. The van der Waals surface area contributed by atoms with Crippen LogP contribution in [-0.4, -0.2) is 22.9 Å². The van der Waals surface area contributed by atoms with Crippen molar-refractivity contribution in [3.8, 4) is 0 Å². The minimum absolute atomic E-state index is 0.0763. The molecule has 1 aliphatic rings. The minimum atomic E-state index is -1.08. The molecule has 8 heteroatoms. The number of aromatic carboxylic acids is 1. The van der Waals surface area contributed by atoms with E-state index < -0.39 is 23.6 Å². The van der Waals surface area contributed by atoms with Gasteiger partial charge >= 0.3 is 5.97 Å². The van der Waals surface area contributed by atoms with Gasteiger partial charge in [0.1, 0.15) is 16.5 Å². The Morgan fingerprint density at radius 1 is 1.00 bits per heavy atom. The van der Waals surface area contributed by atoms with Gasteiger partial charge in [-0.3, -0.25) is 9.59 Å². The van der Waals surface area contributed by atoms with E-state index in [2.05, 4.69) is 5.32 Å². The lowest BCUT2D eigenvalue weighted by Gasteiger charge is -2.15. The molecule has 2 aromatic rings. The van der Waals surface area contributed by atoms with Gasteiger partial charge in [0.2, 0.25) is 0 Å². The zero-order valence-electron chi connectivity index (χ0n) is 12.5. The van der Waals surface area contributed by atoms with Gasteiger partial charge in [0.15, 0.2) is 0 Å². The molecule has 6 nitrogen and oxygen atoms in total. The van der Waals surface area contributed by atoms with Crippen molar-refractivity contribution in [3.63, 3.8) is 0 Å². The lowest BCUT2D eigenvalue weighted by atomic mass is 10.2. The SMILES string of the molecule is O=C(O)c1ccc(NC2=C(Cl)C(=O)N(c3ccc(F)cc3)C2=O)cc1. The van der Waals surface area contributed by atoms with E-state index in [9.17, 15) is 18.8 Å². The quantitative estimate of drug-likeness (QED) is 0.819. The van der Waals surface area contributed by atoms with E-state index in [4.69, 9.17) is 16.7 Å². The van der Waals surface area contributed by atoms with Crippen molar-refractivity contribution < 1.29 is 23.9 Å². The van der Waals surface area contributed by atoms with Crippen LogP contribution in [-0.2, 0) is 9.59 Å². The average Bonchev–Trinajstić information content (AvgIpc) is 2.80. The number of carboxylic acid groups (broad SMARTS) is 1. The Balaban J connectivity index is 1.86. The number of rotatable bonds is 4. The van der Waals surface area contributed by atoms with Crippen molar-refractivity contribution in [2.24, 2.45) is 0 Å². The molecule has 2 aromatic carbocycles. The van der Waals surface area contributed by atoms with Crippen LogP contribution < -0.4 is 10.2 Å². The number of carboxylic acids is 1. The van der Waals surface area contributed by atoms with E-state index in [0.717, 1.165) is 17.0 Å². The van der Waals surface area contributed by atoms with Gasteiger partial charge in [-0.25, -0.2) is 14.1 Å². The molecule has 1 heterocycles. The monoisotopic (exact) mass is 360 g/mol. The largest absolute Gasteiger partial charge is 0.478 e. The third-order valence-corrected chi connectivity index (χ3v) is 3.86. The fraction of sp³-hybridized carbons (Fsp3) is 0. The summed E-state index contributed by atoms with van der Waals surface area (Å²) in [4.78, 5) is 36.4. The molecule has 0 aliphatic carbocycles. The van der Waals surface area contributed by atoms with Crippen LogP contribution in [0.4, 0.5) is 15.8 Å². The van der Waals surface area contributed by atoms with E-state index in [1.54, 1.807) is 0 Å². The smallest absolute Gasteiger partial charge is 0.335 e. The minimum Gasteiger partial charge on any atom is -0.478 e. The molecular formula is C17H10ClFN2O4. The summed E-state index contributed by atoms with van der Waals surface area (Å²) < 4.78 is 13.0. The predicted octanol–water partition coefficient (Wildman–Crippen LogP) is 2.96. The molecule has 0 bridgehead atoms. The van der Waals surface area contributed by atoms with E-state index in [0.29, 0.717) is 5.69 Å². The molecule has 0 saturated heterocycles. The van der Waals surface area contributed by atoms with Crippen LogP contribution in [0.25, 0.3) is 0 Å². The highest BCUT2D eigenvalue weighted by atomic mass is 35.5. The average molecular weight is 361 g/mol. The highest BCUT2D eigenvalue weighted by molar-refractivity contribution is 6.53. The van der Waals surface area contributed by atoms with Crippen LogP contribution in [0, 0.1) is 5.82 Å². The number of hydrogen-bond acceptors (Lipinski definition) is 4. The third-order valence-electron chi connectivity index (χ3n) is 3.51. The molecule has 2 amide bonds. The van der Waals surface area contributed by atoms with Crippen molar-refractivity contribution in [3.05, 3.63) is 70.6 Å². The van der Waals surface area contributed by atoms with Crippen molar-refractivity contribution >= 4 is 40.8 Å². The number of carbonyl (C=O) groups is 3. The van der Waals surface area contributed by atoms with Gasteiger partial charge in [-0.05, 0) is 48.5 Å². The number of imide groups is 1. The van der Waals surface area contributed by atoms with Crippen LogP contribution in [0.15, 0.2) is 59.3 Å². The summed E-state index contributed by atoms with van der Waals surface area (Å²) >= 11 is 5.97. The highest BCUT2D eigenvalue weighted by Crippen LogP contribution is 2.30. The second-order valence-corrected chi connectivity index (χ2v) is 5.50. The van der Waals surface area contributed by atoms with Gasteiger partial charge in [0, 0.05) is 5.69 Å². The summed E-state index contributed by atoms with van der Waals surface area (Å²) in [5.74, 6) is -3.01. The Morgan fingerprint density at radius 3 is 2.16 bits per heavy atom. The zero-order valence-corrected chi connectivity index (χ0v) is 13.2. The Morgan fingerprint density at radius 2 is 1.60 bits per heavy atom. The van der Waals surface area contributed by atoms with Gasteiger partial charge in [-0.1, -0.05) is 11.6 Å². The van der Waals surface area contributed by atoms with Crippen molar-refractivity contribution in [2.45, 2.75) is 0 Å². The van der Waals surface area contributed by atoms with E-state index >= 15 is 0 Å². The molecule has 0 saturated carbocycles. The van der Waals surface area contributed by atoms with Crippen molar-refractivity contribution in [1.82, 2.24) is 0 Å². The second-order valence-electron chi connectivity index (χ2n) is 5.12. The zero-order chi connectivity index (χ0) is 18.1. The lowest BCUT2D eigenvalue weighted by Crippen LogP contribution is -2.32. The molecule has 3 rings (SSSR count). The first-order chi connectivity index (χ1) is 11.9. The second kappa shape index (κ2) is 6.37. The number of amides is 2. The molecule has 0 fully saturated rings. The topological polar surface area (TPSA) is 86.7 Å². The van der Waals surface area contributed by atoms with Gasteiger partial charge in [0.05, 0.1) is 11.3 Å². The Bertz CT molecular complexity index is 907. The van der Waals surface area contributed by atoms with Crippen molar-refractivity contribution in [1.29, 1.82) is 0 Å². The molecule has 2 N–H and O–H groups in total. The molecule has 0 atom stereocenters. The molecular weight excluding hydrogens is 351 g/mol. The molecule has 0 spiro atoms. The van der Waals surface area contributed by atoms with Crippen LogP contribution in [0.2, 0.25) is 0 Å². The number of carbonyl (C=O) groups excluding carboxylic acids is 2. The Kier molecular flexibility index (Phi) is 4.24. The molecule has 25 heavy (non-hydrogen) atoms. The molecule has 0 unspecified atom stereocenters. The van der Waals surface area contributed by atoms with Gasteiger partial charge in [0.25, 0.3) is 11.8 Å². The maximum Gasteiger partial charge on any atom is 0.335 e. The van der Waals surface area contributed by atoms with E-state index in [-0.39, 0.29) is 22.0 Å². The van der Waals surface area contributed by atoms with Gasteiger partial charge in [-0.2, -0.15) is 0 Å². The maximum atomic E-state index is 13.0. The standard InChI is InChI=1S/C17H10ClFN2O4/c18-13-14(20-11-5-1-9(2-6-11)17(24)25)16(23)21(15(13)22)12-7-3-10(19)4-8-12/h1-8,20H,(H,24,25). The lowest BCUT2D eigenvalue weighted by molar-refractivity contribution is -0.120. The maximum absolute atomic E-state index is 13.0. The van der Waals surface area contributed by atoms with Crippen LogP contribution in [0.5, 0.6) is 0 Å². The summed E-state index contributed by atoms with van der Waals surface area (Å²) in [6.07, 6.45) is 0. The van der Waals surface area contributed by atoms with Gasteiger partial charge in [-0.15, -0.1) is 0 Å². The van der Waals surface area contributed by atoms with Crippen LogP contribution in [0.3, 0.4) is 0 Å². The summed E-state index contributed by atoms with van der Waals surface area (Å²) in [5, 5.41) is 11.3. The number of benzene rings is 2. The first-order valence-corrected chi connectivity index (χ1v) is 7.41. The Hall–Kier alpha value is -3.19. The Labute approximate surface area is 146 Å². The fourth-order valence-corrected chi connectivity index (χ4v) is 2.49. The number of hydrogen-bond donors (Lipinski definition) is 2. The number of anilines is 2. The molecule has 0 aromatic heterocycles. The fourth-order valence-electron chi connectivity index (χ4n) is 2.28. The highest BCUT2D eigenvalue weighted by Gasteiger charge is 2.38. The van der Waals surface area contributed by atoms with E-state index in [1.165, 1.54) is 36.4 Å². The number of nitrogens with one attached hydrogen (secondary N) is 1. The summed E-state index contributed by atoms with van der Waals surface area (Å²) in [6.45, 7) is 0. The first-order valence-electron chi connectivity index (χ1n) is 7.03. The van der Waals surface area contributed by atoms with E-state index in [1.807, 2.05) is 0 Å². The van der Waals surface area contributed by atoms with Crippen molar-refractivity contribution in [2.75, 3.05) is 10.2 Å². The predicted molar refractivity (Wildman–Crippen MR) is 88.8 cm³/mol. The normalized spacial score (nSPS) is 14.2.